The molecule has 3 rings (SSSR count). The summed E-state index contributed by atoms with van der Waals surface area (Å²) in [4.78, 5) is 23.1. The summed E-state index contributed by atoms with van der Waals surface area (Å²) in [5.41, 5.74) is 8.03. The number of anilines is 1. The minimum absolute atomic E-state index is 0.277. The maximum Gasteiger partial charge on any atom is 0.242 e. The Hall–Kier alpha value is -2.73. The molecule has 2 aromatic heterocycles. The van der Waals surface area contributed by atoms with Gasteiger partial charge in [-0.1, -0.05) is 18.2 Å². The van der Waals surface area contributed by atoms with Gasteiger partial charge in [0, 0.05) is 29.5 Å². The third kappa shape index (κ3) is 2.90. The average molecular weight is 281 g/mol. The summed E-state index contributed by atoms with van der Waals surface area (Å²) in [5, 5.41) is 3.74. The van der Waals surface area contributed by atoms with E-state index >= 15 is 0 Å². The van der Waals surface area contributed by atoms with E-state index in [1.165, 1.54) is 12.4 Å². The Morgan fingerprint density at radius 2 is 2.19 bits per heavy atom. The first-order valence-electron chi connectivity index (χ1n) is 6.61. The third-order valence-electron chi connectivity index (χ3n) is 3.27. The number of aromatic amines is 1. The molecule has 21 heavy (non-hydrogen) atoms. The van der Waals surface area contributed by atoms with Crippen molar-refractivity contribution < 1.29 is 4.79 Å². The fourth-order valence-electron chi connectivity index (χ4n) is 2.21. The molecule has 0 aliphatic heterocycles. The molecule has 0 saturated carbocycles. The first-order valence-corrected chi connectivity index (χ1v) is 6.61. The van der Waals surface area contributed by atoms with Crippen molar-refractivity contribution >= 4 is 22.6 Å². The van der Waals surface area contributed by atoms with Crippen LogP contribution >= 0.6 is 0 Å². The van der Waals surface area contributed by atoms with Crippen LogP contribution in [0.4, 0.5) is 5.82 Å². The van der Waals surface area contributed by atoms with Crippen LogP contribution in [0.3, 0.4) is 0 Å². The Morgan fingerprint density at radius 3 is 3.00 bits per heavy atom. The van der Waals surface area contributed by atoms with Crippen molar-refractivity contribution in [3.63, 3.8) is 0 Å². The van der Waals surface area contributed by atoms with E-state index in [1.54, 1.807) is 6.20 Å². The van der Waals surface area contributed by atoms with Gasteiger partial charge in [0.25, 0.3) is 0 Å². The molecular formula is C15H15N5O. The molecule has 0 aliphatic carbocycles. The van der Waals surface area contributed by atoms with Crippen molar-refractivity contribution in [2.45, 2.75) is 12.5 Å². The second-order valence-corrected chi connectivity index (χ2v) is 4.75. The maximum absolute atomic E-state index is 12.1. The quantitative estimate of drug-likeness (QED) is 0.674. The number of nitrogens with one attached hydrogen (secondary N) is 2. The first kappa shape index (κ1) is 13.3. The molecule has 0 fully saturated rings. The van der Waals surface area contributed by atoms with Crippen LogP contribution in [-0.2, 0) is 11.2 Å². The molecule has 106 valence electrons. The Labute approximate surface area is 121 Å². The van der Waals surface area contributed by atoms with Crippen molar-refractivity contribution in [2.75, 3.05) is 5.32 Å². The molecule has 1 amide bonds. The van der Waals surface area contributed by atoms with Crippen LogP contribution < -0.4 is 11.1 Å². The fourth-order valence-corrected chi connectivity index (χ4v) is 2.21. The number of carbonyl (C=O) groups excluding carboxylic acids is 1. The molecule has 0 aliphatic rings. The topological polar surface area (TPSA) is 96.7 Å². The van der Waals surface area contributed by atoms with Crippen molar-refractivity contribution in [2.24, 2.45) is 5.73 Å². The highest BCUT2D eigenvalue weighted by Crippen LogP contribution is 2.18. The number of aromatic nitrogens is 3. The number of fused-ring (bicyclic) bond motifs is 1. The Kier molecular flexibility index (Phi) is 3.61. The van der Waals surface area contributed by atoms with E-state index in [9.17, 15) is 4.79 Å². The Morgan fingerprint density at radius 1 is 1.33 bits per heavy atom. The number of nitrogens with zero attached hydrogens (tertiary/aromatic N) is 2. The summed E-state index contributed by atoms with van der Waals surface area (Å²) in [6, 6.07) is 7.28. The predicted molar refractivity (Wildman–Crippen MR) is 80.6 cm³/mol. The van der Waals surface area contributed by atoms with Gasteiger partial charge in [0.1, 0.15) is 0 Å². The van der Waals surface area contributed by atoms with Crippen LogP contribution in [0.15, 0.2) is 49.1 Å². The number of amides is 1. The molecule has 3 aromatic rings. The number of carbonyl (C=O) groups is 1. The molecule has 1 atom stereocenters. The van der Waals surface area contributed by atoms with Gasteiger partial charge in [0.15, 0.2) is 5.82 Å². The molecule has 0 unspecified atom stereocenters. The highest BCUT2D eigenvalue weighted by Gasteiger charge is 2.16. The largest absolute Gasteiger partial charge is 0.361 e. The minimum atomic E-state index is -0.647. The number of rotatable bonds is 4. The van der Waals surface area contributed by atoms with Gasteiger partial charge in [0.05, 0.1) is 12.2 Å². The molecule has 0 radical (unpaired) electrons. The van der Waals surface area contributed by atoms with Gasteiger partial charge in [-0.3, -0.25) is 9.78 Å². The van der Waals surface area contributed by atoms with E-state index in [4.69, 9.17) is 5.73 Å². The monoisotopic (exact) mass is 281 g/mol. The second-order valence-electron chi connectivity index (χ2n) is 4.75. The van der Waals surface area contributed by atoms with Crippen molar-refractivity contribution in [3.05, 3.63) is 54.6 Å². The van der Waals surface area contributed by atoms with Gasteiger partial charge in [-0.2, -0.15) is 0 Å². The lowest BCUT2D eigenvalue weighted by atomic mass is 10.1. The number of hydrogen-bond donors (Lipinski definition) is 3. The number of hydrogen-bond acceptors (Lipinski definition) is 4. The smallest absolute Gasteiger partial charge is 0.242 e. The van der Waals surface area contributed by atoms with Crippen molar-refractivity contribution in [1.82, 2.24) is 15.0 Å². The molecule has 0 saturated heterocycles. The summed E-state index contributed by atoms with van der Waals surface area (Å²) in [6.07, 6.45) is 6.88. The zero-order valence-corrected chi connectivity index (χ0v) is 11.3. The fraction of sp³-hybridized carbons (Fsp3) is 0.133. The van der Waals surface area contributed by atoms with Crippen molar-refractivity contribution in [3.8, 4) is 0 Å². The summed E-state index contributed by atoms with van der Waals surface area (Å²) in [6.45, 7) is 0. The summed E-state index contributed by atoms with van der Waals surface area (Å²) in [7, 11) is 0. The zero-order valence-electron chi connectivity index (χ0n) is 11.3. The molecule has 4 N–H and O–H groups in total. The van der Waals surface area contributed by atoms with E-state index in [-0.39, 0.29) is 5.91 Å². The Balaban J connectivity index is 1.71. The van der Waals surface area contributed by atoms with Gasteiger partial charge in [-0.15, -0.1) is 0 Å². The molecular weight excluding hydrogens is 266 g/mol. The molecule has 0 bridgehead atoms. The van der Waals surface area contributed by atoms with E-state index in [2.05, 4.69) is 20.3 Å². The minimum Gasteiger partial charge on any atom is -0.361 e. The number of nitrogens with two attached hydrogens (primary N) is 1. The number of H-pyrrole nitrogens is 1. The first-order chi connectivity index (χ1) is 10.2. The summed E-state index contributed by atoms with van der Waals surface area (Å²) < 4.78 is 0. The Bertz CT molecular complexity index is 753. The molecule has 6 nitrogen and oxygen atoms in total. The lowest BCUT2D eigenvalue weighted by molar-refractivity contribution is -0.117. The van der Waals surface area contributed by atoms with E-state index in [0.29, 0.717) is 12.2 Å². The van der Waals surface area contributed by atoms with Crippen LogP contribution in [0.2, 0.25) is 0 Å². The highest BCUT2D eigenvalue weighted by molar-refractivity contribution is 5.94. The van der Waals surface area contributed by atoms with E-state index < -0.39 is 6.04 Å². The second kappa shape index (κ2) is 5.72. The zero-order chi connectivity index (χ0) is 14.7. The molecule has 2 heterocycles. The average Bonchev–Trinajstić information content (AvgIpc) is 2.91. The molecule has 6 heteroatoms. The van der Waals surface area contributed by atoms with E-state index in [0.717, 1.165) is 16.5 Å². The maximum atomic E-state index is 12.1. The predicted octanol–water partition coefficient (Wildman–Crippen LogP) is 1.47. The van der Waals surface area contributed by atoms with Crippen LogP contribution in [0.25, 0.3) is 10.9 Å². The van der Waals surface area contributed by atoms with Crippen molar-refractivity contribution in [1.29, 1.82) is 0 Å². The van der Waals surface area contributed by atoms with Gasteiger partial charge < -0.3 is 16.0 Å². The van der Waals surface area contributed by atoms with Crippen LogP contribution in [-0.4, -0.2) is 26.9 Å². The van der Waals surface area contributed by atoms with Gasteiger partial charge in [0.2, 0.25) is 5.91 Å². The van der Waals surface area contributed by atoms with Crippen LogP contribution in [0, 0.1) is 0 Å². The molecule has 0 spiro atoms. The summed E-state index contributed by atoms with van der Waals surface area (Å²) >= 11 is 0. The van der Waals surface area contributed by atoms with Crippen LogP contribution in [0.5, 0.6) is 0 Å². The van der Waals surface area contributed by atoms with Gasteiger partial charge >= 0.3 is 0 Å². The lowest BCUT2D eigenvalue weighted by Crippen LogP contribution is -2.37. The lowest BCUT2D eigenvalue weighted by Gasteiger charge is -2.11. The highest BCUT2D eigenvalue weighted by atomic mass is 16.2. The van der Waals surface area contributed by atoms with E-state index in [1.807, 2.05) is 30.5 Å². The molecule has 1 aromatic carbocycles. The normalized spacial score (nSPS) is 12.2. The van der Waals surface area contributed by atoms with Crippen LogP contribution in [0.1, 0.15) is 5.56 Å². The number of benzene rings is 1. The van der Waals surface area contributed by atoms with Gasteiger partial charge in [-0.25, -0.2) is 4.98 Å². The standard InChI is InChI=1S/C15H15N5O/c16-12(15(21)20-14-9-17-5-6-18-14)7-10-8-19-13-4-2-1-3-11(10)13/h1-6,8-9,12,19H,7,16H2,(H,18,20,21)/t12-/m0/s1. The SMILES string of the molecule is N[C@@H](Cc1c[nH]c2ccccc12)C(=O)Nc1cnccn1. The number of para-hydroxylation sites is 1. The summed E-state index contributed by atoms with van der Waals surface area (Å²) in [5.74, 6) is 0.123. The van der Waals surface area contributed by atoms with Gasteiger partial charge in [-0.05, 0) is 18.1 Å². The third-order valence-corrected chi connectivity index (χ3v) is 3.27.